The highest BCUT2D eigenvalue weighted by Crippen LogP contribution is 2.24. The first-order valence-corrected chi connectivity index (χ1v) is 6.94. The van der Waals surface area contributed by atoms with Crippen molar-refractivity contribution in [2.24, 2.45) is 5.10 Å². The summed E-state index contributed by atoms with van der Waals surface area (Å²) in [7, 11) is 1.49. The molecule has 0 unspecified atom stereocenters. The van der Waals surface area contributed by atoms with Crippen LogP contribution in [0.1, 0.15) is 11.1 Å². The van der Waals surface area contributed by atoms with Crippen molar-refractivity contribution in [2.45, 2.75) is 6.92 Å². The minimum Gasteiger partial charge on any atom is -0.495 e. The maximum Gasteiger partial charge on any atom is 0.329 e. The van der Waals surface area contributed by atoms with Crippen molar-refractivity contribution in [3.05, 3.63) is 59.7 Å². The molecule has 2 aromatic carbocycles. The van der Waals surface area contributed by atoms with E-state index in [0.29, 0.717) is 11.4 Å². The zero-order chi connectivity index (χ0) is 16.7. The molecular formula is C17H17N3O3. The molecule has 0 radical (unpaired) electrons. The molecule has 0 fully saturated rings. The molecule has 23 heavy (non-hydrogen) atoms. The fourth-order valence-electron chi connectivity index (χ4n) is 1.85. The largest absolute Gasteiger partial charge is 0.495 e. The number of carbonyl (C=O) groups excluding carboxylic acids is 2. The number of aryl methyl sites for hydroxylation is 1. The lowest BCUT2D eigenvalue weighted by molar-refractivity contribution is -0.136. The van der Waals surface area contributed by atoms with E-state index in [1.165, 1.54) is 13.3 Å². The third kappa shape index (κ3) is 4.67. The van der Waals surface area contributed by atoms with Gasteiger partial charge in [0.1, 0.15) is 5.75 Å². The molecule has 0 spiro atoms. The predicted octanol–water partition coefficient (Wildman–Crippen LogP) is 2.09. The summed E-state index contributed by atoms with van der Waals surface area (Å²) in [5.74, 6) is -1.20. The van der Waals surface area contributed by atoms with Crippen molar-refractivity contribution in [2.75, 3.05) is 12.4 Å². The van der Waals surface area contributed by atoms with Crippen LogP contribution in [0.5, 0.6) is 5.75 Å². The van der Waals surface area contributed by atoms with Gasteiger partial charge in [0.15, 0.2) is 0 Å². The Morgan fingerprint density at radius 1 is 1.09 bits per heavy atom. The number of amides is 2. The normalized spacial score (nSPS) is 10.3. The number of hydrogen-bond acceptors (Lipinski definition) is 4. The molecular weight excluding hydrogens is 294 g/mol. The van der Waals surface area contributed by atoms with Crippen LogP contribution in [-0.4, -0.2) is 25.1 Å². The van der Waals surface area contributed by atoms with Gasteiger partial charge in [0.2, 0.25) is 0 Å². The first kappa shape index (κ1) is 16.2. The summed E-state index contributed by atoms with van der Waals surface area (Å²) in [6, 6.07) is 14.5. The summed E-state index contributed by atoms with van der Waals surface area (Å²) in [5, 5.41) is 6.25. The second-order valence-corrected chi connectivity index (χ2v) is 4.77. The average molecular weight is 311 g/mol. The third-order valence-corrected chi connectivity index (χ3v) is 2.99. The van der Waals surface area contributed by atoms with Crippen molar-refractivity contribution in [1.82, 2.24) is 5.43 Å². The van der Waals surface area contributed by atoms with E-state index in [9.17, 15) is 9.59 Å². The van der Waals surface area contributed by atoms with E-state index in [1.807, 2.05) is 43.3 Å². The zero-order valence-corrected chi connectivity index (χ0v) is 12.9. The summed E-state index contributed by atoms with van der Waals surface area (Å²) in [5.41, 5.74) is 4.36. The molecule has 2 N–H and O–H groups in total. The molecule has 0 aliphatic rings. The standard InChI is InChI=1S/C17H17N3O3/c1-12-8-9-15(23-2)14(10-12)19-16(21)17(22)20-18-11-13-6-4-3-5-7-13/h3-11H,1-2H3,(H,19,21)(H,20,22)/b18-11-. The van der Waals surface area contributed by atoms with Crippen LogP contribution in [0.3, 0.4) is 0 Å². The highest BCUT2D eigenvalue weighted by molar-refractivity contribution is 6.39. The van der Waals surface area contributed by atoms with E-state index in [-0.39, 0.29) is 0 Å². The van der Waals surface area contributed by atoms with E-state index in [1.54, 1.807) is 12.1 Å². The van der Waals surface area contributed by atoms with Gasteiger partial charge in [-0.2, -0.15) is 5.10 Å². The van der Waals surface area contributed by atoms with Crippen LogP contribution >= 0.6 is 0 Å². The molecule has 0 atom stereocenters. The Hall–Kier alpha value is -3.15. The molecule has 2 rings (SSSR count). The Morgan fingerprint density at radius 3 is 2.52 bits per heavy atom. The predicted molar refractivity (Wildman–Crippen MR) is 88.5 cm³/mol. The molecule has 0 heterocycles. The summed E-state index contributed by atoms with van der Waals surface area (Å²) in [4.78, 5) is 23.6. The van der Waals surface area contributed by atoms with Crippen LogP contribution in [0, 0.1) is 6.92 Å². The van der Waals surface area contributed by atoms with Gasteiger partial charge in [-0.3, -0.25) is 9.59 Å². The molecule has 0 aliphatic heterocycles. The van der Waals surface area contributed by atoms with Gasteiger partial charge in [-0.1, -0.05) is 36.4 Å². The second kappa shape index (κ2) is 7.74. The van der Waals surface area contributed by atoms with E-state index >= 15 is 0 Å². The molecule has 2 amide bonds. The van der Waals surface area contributed by atoms with Gasteiger partial charge in [-0.05, 0) is 30.2 Å². The molecule has 118 valence electrons. The van der Waals surface area contributed by atoms with Crippen LogP contribution < -0.4 is 15.5 Å². The molecule has 0 bridgehead atoms. The monoisotopic (exact) mass is 311 g/mol. The lowest BCUT2D eigenvalue weighted by Crippen LogP contribution is -2.32. The van der Waals surface area contributed by atoms with Crippen LogP contribution in [-0.2, 0) is 9.59 Å². The SMILES string of the molecule is COc1ccc(C)cc1NC(=O)C(=O)N/N=C\c1ccccc1. The number of benzene rings is 2. The molecule has 0 saturated carbocycles. The fourth-order valence-corrected chi connectivity index (χ4v) is 1.85. The highest BCUT2D eigenvalue weighted by atomic mass is 16.5. The van der Waals surface area contributed by atoms with Crippen molar-refractivity contribution in [3.8, 4) is 5.75 Å². The summed E-state index contributed by atoms with van der Waals surface area (Å²) < 4.78 is 5.14. The molecule has 6 heteroatoms. The Kier molecular flexibility index (Phi) is 5.46. The summed E-state index contributed by atoms with van der Waals surface area (Å²) in [6.45, 7) is 1.87. The summed E-state index contributed by atoms with van der Waals surface area (Å²) >= 11 is 0. The number of anilines is 1. The van der Waals surface area contributed by atoms with E-state index in [2.05, 4.69) is 15.8 Å². The molecule has 2 aromatic rings. The van der Waals surface area contributed by atoms with Gasteiger partial charge in [0, 0.05) is 0 Å². The van der Waals surface area contributed by atoms with Gasteiger partial charge < -0.3 is 10.1 Å². The molecule has 6 nitrogen and oxygen atoms in total. The number of nitrogens with one attached hydrogen (secondary N) is 2. The van der Waals surface area contributed by atoms with Crippen molar-refractivity contribution >= 4 is 23.7 Å². The minimum atomic E-state index is -0.860. The van der Waals surface area contributed by atoms with Gasteiger partial charge in [0.05, 0.1) is 19.0 Å². The first-order valence-electron chi connectivity index (χ1n) is 6.94. The maximum absolute atomic E-state index is 11.9. The Balaban J connectivity index is 1.97. The van der Waals surface area contributed by atoms with Crippen molar-refractivity contribution in [1.29, 1.82) is 0 Å². The van der Waals surface area contributed by atoms with E-state index in [4.69, 9.17) is 4.74 Å². The van der Waals surface area contributed by atoms with E-state index in [0.717, 1.165) is 11.1 Å². The smallest absolute Gasteiger partial charge is 0.329 e. The van der Waals surface area contributed by atoms with Gasteiger partial charge in [-0.15, -0.1) is 0 Å². The molecule has 0 aliphatic carbocycles. The Labute approximate surface area is 134 Å². The Morgan fingerprint density at radius 2 is 1.83 bits per heavy atom. The third-order valence-electron chi connectivity index (χ3n) is 2.99. The lowest BCUT2D eigenvalue weighted by atomic mass is 10.2. The van der Waals surface area contributed by atoms with Crippen LogP contribution in [0.2, 0.25) is 0 Å². The number of carbonyl (C=O) groups is 2. The number of rotatable bonds is 4. The Bertz CT molecular complexity index is 727. The minimum absolute atomic E-state index is 0.430. The molecule has 0 saturated heterocycles. The number of hydrazone groups is 1. The summed E-state index contributed by atoms with van der Waals surface area (Å²) in [6.07, 6.45) is 1.46. The highest BCUT2D eigenvalue weighted by Gasteiger charge is 2.15. The van der Waals surface area contributed by atoms with Gasteiger partial charge in [0.25, 0.3) is 0 Å². The zero-order valence-electron chi connectivity index (χ0n) is 12.9. The van der Waals surface area contributed by atoms with Gasteiger partial charge in [-0.25, -0.2) is 5.43 Å². The lowest BCUT2D eigenvalue weighted by Gasteiger charge is -2.10. The second-order valence-electron chi connectivity index (χ2n) is 4.77. The fraction of sp³-hybridized carbons (Fsp3) is 0.118. The maximum atomic E-state index is 11.9. The number of nitrogens with zero attached hydrogens (tertiary/aromatic N) is 1. The van der Waals surface area contributed by atoms with Crippen molar-refractivity contribution in [3.63, 3.8) is 0 Å². The quantitative estimate of drug-likeness (QED) is 0.515. The van der Waals surface area contributed by atoms with E-state index < -0.39 is 11.8 Å². The average Bonchev–Trinajstić information content (AvgIpc) is 2.56. The van der Waals surface area contributed by atoms with Crippen molar-refractivity contribution < 1.29 is 14.3 Å². The van der Waals surface area contributed by atoms with Crippen LogP contribution in [0.15, 0.2) is 53.6 Å². The number of hydrogen-bond donors (Lipinski definition) is 2. The van der Waals surface area contributed by atoms with Crippen LogP contribution in [0.4, 0.5) is 5.69 Å². The number of methoxy groups -OCH3 is 1. The number of ether oxygens (including phenoxy) is 1. The van der Waals surface area contributed by atoms with Gasteiger partial charge >= 0.3 is 11.8 Å². The van der Waals surface area contributed by atoms with Crippen LogP contribution in [0.25, 0.3) is 0 Å². The molecule has 0 aromatic heterocycles. The first-order chi connectivity index (χ1) is 11.1. The topological polar surface area (TPSA) is 79.8 Å².